The highest BCUT2D eigenvalue weighted by molar-refractivity contribution is 14.1. The molecule has 0 fully saturated rings. The van der Waals surface area contributed by atoms with E-state index in [4.69, 9.17) is 0 Å². The predicted octanol–water partition coefficient (Wildman–Crippen LogP) is 5.71. The first-order valence-electron chi connectivity index (χ1n) is 10.2. The zero-order chi connectivity index (χ0) is 23.1. The lowest BCUT2D eigenvalue weighted by Crippen LogP contribution is -2.41. The van der Waals surface area contributed by atoms with Gasteiger partial charge < -0.3 is 10.2 Å². The van der Waals surface area contributed by atoms with Crippen LogP contribution in [-0.2, 0) is 16.0 Å². The summed E-state index contributed by atoms with van der Waals surface area (Å²) in [5, 5.41) is 19.5. The van der Waals surface area contributed by atoms with Gasteiger partial charge in [-0.2, -0.15) is 0 Å². The number of carbonyl (C=O) groups is 3. The third kappa shape index (κ3) is 5.62. The average molecular weight is 542 g/mol. The number of hydrogen-bond acceptors (Lipinski definition) is 3. The van der Waals surface area contributed by atoms with Crippen molar-refractivity contribution in [2.45, 2.75) is 25.7 Å². The molecule has 3 aromatic rings. The van der Waals surface area contributed by atoms with Crippen molar-refractivity contribution in [3.8, 4) is 11.1 Å². The minimum Gasteiger partial charge on any atom is -0.480 e. The van der Waals surface area contributed by atoms with Crippen LogP contribution in [0.25, 0.3) is 11.1 Å². The van der Waals surface area contributed by atoms with Crippen molar-refractivity contribution in [1.29, 1.82) is 0 Å². The second kappa shape index (κ2) is 10.5. The van der Waals surface area contributed by atoms with Crippen molar-refractivity contribution in [3.05, 3.63) is 93.6 Å². The quantitative estimate of drug-likeness (QED) is 0.195. The minimum atomic E-state index is -2.15. The Bertz CT molecular complexity index is 1080. The molecule has 5 nitrogen and oxygen atoms in total. The standard InChI is InChI=1S/C26H23IO5/c27-22-14-12-20(13-15-22)19-8-10-21(11-9-19)23(28)17-26(24(29)30,25(31)32)16-4-7-18-5-2-1-3-6-18/h1-3,5-6,8-15H,4,7,16-17H2,(H,29,30)(H,31,32). The number of carboxylic acids is 2. The highest BCUT2D eigenvalue weighted by Crippen LogP contribution is 2.32. The first-order chi connectivity index (χ1) is 15.3. The van der Waals surface area contributed by atoms with E-state index in [2.05, 4.69) is 22.6 Å². The zero-order valence-electron chi connectivity index (χ0n) is 17.3. The van der Waals surface area contributed by atoms with E-state index in [9.17, 15) is 24.6 Å². The predicted molar refractivity (Wildman–Crippen MR) is 131 cm³/mol. The van der Waals surface area contributed by atoms with Crippen LogP contribution in [0.2, 0.25) is 0 Å². The van der Waals surface area contributed by atoms with Gasteiger partial charge in [0.2, 0.25) is 0 Å². The molecule has 0 spiro atoms. The molecule has 0 atom stereocenters. The van der Waals surface area contributed by atoms with Crippen LogP contribution in [0.15, 0.2) is 78.9 Å². The van der Waals surface area contributed by atoms with Crippen LogP contribution < -0.4 is 0 Å². The van der Waals surface area contributed by atoms with Gasteiger partial charge in [-0.25, -0.2) is 0 Å². The van der Waals surface area contributed by atoms with E-state index in [0.717, 1.165) is 20.3 Å². The van der Waals surface area contributed by atoms with E-state index in [1.807, 2.05) is 54.6 Å². The van der Waals surface area contributed by atoms with Crippen molar-refractivity contribution >= 4 is 40.3 Å². The van der Waals surface area contributed by atoms with Crippen molar-refractivity contribution in [1.82, 2.24) is 0 Å². The fraction of sp³-hybridized carbons (Fsp3) is 0.192. The van der Waals surface area contributed by atoms with Gasteiger partial charge in [0.05, 0.1) is 0 Å². The second-order valence-electron chi connectivity index (χ2n) is 7.72. The SMILES string of the molecule is O=C(CC(CCCc1ccccc1)(C(=O)O)C(=O)O)c1ccc(-c2ccc(I)cc2)cc1. The van der Waals surface area contributed by atoms with Gasteiger partial charge in [-0.15, -0.1) is 0 Å². The Kier molecular flexibility index (Phi) is 7.80. The van der Waals surface area contributed by atoms with Gasteiger partial charge in [0, 0.05) is 15.6 Å². The Labute approximate surface area is 200 Å². The van der Waals surface area contributed by atoms with Gasteiger partial charge in [-0.3, -0.25) is 14.4 Å². The largest absolute Gasteiger partial charge is 0.480 e. The first-order valence-corrected chi connectivity index (χ1v) is 11.3. The Morgan fingerprint density at radius 3 is 1.81 bits per heavy atom. The summed E-state index contributed by atoms with van der Waals surface area (Å²) in [7, 11) is 0. The molecule has 0 aliphatic rings. The van der Waals surface area contributed by atoms with Crippen LogP contribution in [0.4, 0.5) is 0 Å². The highest BCUT2D eigenvalue weighted by Gasteiger charge is 2.47. The van der Waals surface area contributed by atoms with E-state index in [-0.39, 0.29) is 6.42 Å². The number of rotatable bonds is 10. The van der Waals surface area contributed by atoms with Crippen molar-refractivity contribution < 1.29 is 24.6 Å². The second-order valence-corrected chi connectivity index (χ2v) is 8.96. The molecule has 3 rings (SSSR count). The van der Waals surface area contributed by atoms with E-state index in [1.54, 1.807) is 24.3 Å². The summed E-state index contributed by atoms with van der Waals surface area (Å²) in [4.78, 5) is 36.9. The maximum absolute atomic E-state index is 12.9. The molecule has 0 saturated heterocycles. The fourth-order valence-electron chi connectivity index (χ4n) is 3.65. The molecule has 0 aliphatic heterocycles. The molecular formula is C26H23IO5. The smallest absolute Gasteiger partial charge is 0.321 e. The molecule has 0 unspecified atom stereocenters. The van der Waals surface area contributed by atoms with Crippen molar-refractivity contribution in [2.75, 3.05) is 0 Å². The van der Waals surface area contributed by atoms with Crippen molar-refractivity contribution in [3.63, 3.8) is 0 Å². The molecular weight excluding hydrogens is 519 g/mol. The molecule has 2 N–H and O–H groups in total. The zero-order valence-corrected chi connectivity index (χ0v) is 19.5. The Hall–Kier alpha value is -3.00. The van der Waals surface area contributed by atoms with Gasteiger partial charge in [0.25, 0.3) is 0 Å². The summed E-state index contributed by atoms with van der Waals surface area (Å²) in [5.41, 5.74) is 1.06. The topological polar surface area (TPSA) is 91.7 Å². The lowest BCUT2D eigenvalue weighted by molar-refractivity contribution is -0.165. The molecule has 0 radical (unpaired) electrons. The molecule has 32 heavy (non-hydrogen) atoms. The number of carboxylic acid groups (broad SMARTS) is 2. The van der Waals surface area contributed by atoms with E-state index in [0.29, 0.717) is 18.4 Å². The molecule has 0 bridgehead atoms. The lowest BCUT2D eigenvalue weighted by atomic mass is 9.77. The van der Waals surface area contributed by atoms with Crippen LogP contribution in [0.3, 0.4) is 0 Å². The maximum Gasteiger partial charge on any atom is 0.321 e. The van der Waals surface area contributed by atoms with Gasteiger partial charge >= 0.3 is 11.9 Å². The van der Waals surface area contributed by atoms with Crippen LogP contribution in [0.5, 0.6) is 0 Å². The summed E-state index contributed by atoms with van der Waals surface area (Å²) in [5.74, 6) is -3.47. The van der Waals surface area contributed by atoms with E-state index >= 15 is 0 Å². The van der Waals surface area contributed by atoms with E-state index < -0.39 is 29.6 Å². The number of halogens is 1. The van der Waals surface area contributed by atoms with Crippen LogP contribution >= 0.6 is 22.6 Å². The normalized spacial score (nSPS) is 11.2. The molecule has 0 amide bonds. The van der Waals surface area contributed by atoms with Gasteiger partial charge in [0.15, 0.2) is 11.2 Å². The Morgan fingerprint density at radius 2 is 1.28 bits per heavy atom. The number of Topliss-reactive ketones (excluding diaryl/α,β-unsaturated/α-hetero) is 1. The molecule has 0 aliphatic carbocycles. The first kappa shape index (κ1) is 23.7. The summed E-state index contributed by atoms with van der Waals surface area (Å²) in [6, 6.07) is 24.2. The number of aryl methyl sites for hydroxylation is 1. The van der Waals surface area contributed by atoms with Crippen LogP contribution in [0, 0.1) is 8.99 Å². The molecule has 6 heteroatoms. The Morgan fingerprint density at radius 1 is 0.750 bits per heavy atom. The molecule has 0 saturated carbocycles. The monoisotopic (exact) mass is 542 g/mol. The lowest BCUT2D eigenvalue weighted by Gasteiger charge is -2.24. The average Bonchev–Trinajstić information content (AvgIpc) is 2.79. The molecule has 0 heterocycles. The number of aliphatic carboxylic acids is 2. The summed E-state index contributed by atoms with van der Waals surface area (Å²) in [6.07, 6.45) is 0.179. The number of benzene rings is 3. The summed E-state index contributed by atoms with van der Waals surface area (Å²) < 4.78 is 1.11. The summed E-state index contributed by atoms with van der Waals surface area (Å²) in [6.45, 7) is 0. The van der Waals surface area contributed by atoms with Gasteiger partial charge in [-0.1, -0.05) is 66.7 Å². The maximum atomic E-state index is 12.9. The van der Waals surface area contributed by atoms with Gasteiger partial charge in [0.1, 0.15) is 0 Å². The molecule has 0 aromatic heterocycles. The van der Waals surface area contributed by atoms with Crippen molar-refractivity contribution in [2.24, 2.45) is 5.41 Å². The van der Waals surface area contributed by atoms with Gasteiger partial charge in [-0.05, 0) is 70.7 Å². The highest BCUT2D eigenvalue weighted by atomic mass is 127. The third-order valence-electron chi connectivity index (χ3n) is 5.58. The molecule has 3 aromatic carbocycles. The fourth-order valence-corrected chi connectivity index (χ4v) is 4.01. The number of carbonyl (C=O) groups excluding carboxylic acids is 1. The van der Waals surface area contributed by atoms with Crippen LogP contribution in [0.1, 0.15) is 35.2 Å². The minimum absolute atomic E-state index is 0.126. The molecule has 164 valence electrons. The third-order valence-corrected chi connectivity index (χ3v) is 6.30. The summed E-state index contributed by atoms with van der Waals surface area (Å²) >= 11 is 2.22. The number of hydrogen-bond donors (Lipinski definition) is 2. The number of ketones is 1. The van der Waals surface area contributed by atoms with Crippen LogP contribution in [-0.4, -0.2) is 27.9 Å². The Balaban J connectivity index is 1.74. The van der Waals surface area contributed by atoms with E-state index in [1.165, 1.54) is 0 Å².